The van der Waals surface area contributed by atoms with Gasteiger partial charge in [-0.05, 0) is 5.56 Å². The van der Waals surface area contributed by atoms with Crippen LogP contribution >= 0.6 is 0 Å². The Morgan fingerprint density at radius 1 is 1.00 bits per heavy atom. The summed E-state index contributed by atoms with van der Waals surface area (Å²) in [6.45, 7) is 2.51. The molecule has 2 amide bonds. The molecule has 2 atom stereocenters. The third-order valence-corrected chi connectivity index (χ3v) is 6.29. The van der Waals surface area contributed by atoms with Gasteiger partial charge in [-0.25, -0.2) is 0 Å². The molecule has 0 unspecified atom stereocenters. The molecule has 0 spiro atoms. The van der Waals surface area contributed by atoms with Crippen LogP contribution in [0.15, 0.2) is 66.9 Å². The average molecular weight is 430 g/mol. The number of hydrogen-bond donors (Lipinski definition) is 1. The van der Waals surface area contributed by atoms with Gasteiger partial charge in [-0.15, -0.1) is 0 Å². The van der Waals surface area contributed by atoms with E-state index in [0.717, 1.165) is 28.9 Å². The first-order valence-electron chi connectivity index (χ1n) is 11.0. The molecule has 1 aromatic heterocycles. The van der Waals surface area contributed by atoms with Crippen molar-refractivity contribution in [1.29, 1.82) is 0 Å². The van der Waals surface area contributed by atoms with Crippen LogP contribution in [0, 0.1) is 0 Å². The molecule has 0 saturated carbocycles. The van der Waals surface area contributed by atoms with Crippen molar-refractivity contribution >= 4 is 11.8 Å². The van der Waals surface area contributed by atoms with Crippen LogP contribution in [0.3, 0.4) is 0 Å². The Bertz CT molecular complexity index is 1110. The summed E-state index contributed by atoms with van der Waals surface area (Å²) in [5.74, 6) is -0.0471. The predicted octanol–water partition coefficient (Wildman–Crippen LogP) is 1.84. The van der Waals surface area contributed by atoms with Crippen LogP contribution in [0.25, 0.3) is 11.3 Å². The summed E-state index contributed by atoms with van der Waals surface area (Å²) < 4.78 is 1.83. The molecular weight excluding hydrogens is 402 g/mol. The topological polar surface area (TPSA) is 70.5 Å². The zero-order valence-corrected chi connectivity index (χ0v) is 18.1. The minimum atomic E-state index is -0.490. The minimum absolute atomic E-state index is 0.0180. The number of piperazine rings is 2. The van der Waals surface area contributed by atoms with Crippen LogP contribution < -0.4 is 5.32 Å². The van der Waals surface area contributed by atoms with Crippen LogP contribution in [-0.4, -0.2) is 63.1 Å². The SMILES string of the molecule is Cn1cc(CN2CCN3C(=O)[C@@H](Cc4ccccc4)NC(=O)[C@H]3C2)c(-c2ccccc2)n1. The highest BCUT2D eigenvalue weighted by molar-refractivity contribution is 5.97. The molecule has 3 aromatic rings. The van der Waals surface area contributed by atoms with E-state index < -0.39 is 12.1 Å². The van der Waals surface area contributed by atoms with E-state index in [0.29, 0.717) is 26.1 Å². The molecule has 2 fully saturated rings. The number of nitrogens with one attached hydrogen (secondary N) is 1. The molecule has 7 nitrogen and oxygen atoms in total. The number of hydrogen-bond acceptors (Lipinski definition) is 4. The lowest BCUT2D eigenvalue weighted by atomic mass is 9.98. The van der Waals surface area contributed by atoms with E-state index >= 15 is 0 Å². The van der Waals surface area contributed by atoms with Crippen LogP contribution in [0.2, 0.25) is 0 Å². The summed E-state index contributed by atoms with van der Waals surface area (Å²) in [6.07, 6.45) is 2.56. The van der Waals surface area contributed by atoms with Gasteiger partial charge in [0, 0.05) is 57.0 Å². The van der Waals surface area contributed by atoms with Crippen molar-refractivity contribution in [3.8, 4) is 11.3 Å². The van der Waals surface area contributed by atoms with Crippen molar-refractivity contribution < 1.29 is 9.59 Å². The summed E-state index contributed by atoms with van der Waals surface area (Å²) in [6, 6.07) is 19.0. The second kappa shape index (κ2) is 8.59. The van der Waals surface area contributed by atoms with Gasteiger partial charge in [-0.2, -0.15) is 5.10 Å². The molecule has 1 N–H and O–H groups in total. The Balaban J connectivity index is 1.28. The Labute approximate surface area is 187 Å². The number of aryl methyl sites for hydroxylation is 1. The van der Waals surface area contributed by atoms with Gasteiger partial charge in [0.15, 0.2) is 0 Å². The van der Waals surface area contributed by atoms with Crippen LogP contribution in [0.5, 0.6) is 0 Å². The van der Waals surface area contributed by atoms with Gasteiger partial charge in [-0.1, -0.05) is 60.7 Å². The molecule has 5 rings (SSSR count). The highest BCUT2D eigenvalue weighted by atomic mass is 16.2. The number of rotatable bonds is 5. The maximum absolute atomic E-state index is 13.1. The van der Waals surface area contributed by atoms with Gasteiger partial charge in [-0.3, -0.25) is 19.2 Å². The van der Waals surface area contributed by atoms with Gasteiger partial charge >= 0.3 is 0 Å². The van der Waals surface area contributed by atoms with E-state index in [2.05, 4.69) is 27.4 Å². The summed E-state index contributed by atoms with van der Waals surface area (Å²) in [4.78, 5) is 30.0. The van der Waals surface area contributed by atoms with Crippen molar-refractivity contribution in [2.45, 2.75) is 25.0 Å². The van der Waals surface area contributed by atoms with E-state index in [1.165, 1.54) is 0 Å². The maximum Gasteiger partial charge on any atom is 0.246 e. The van der Waals surface area contributed by atoms with Gasteiger partial charge < -0.3 is 10.2 Å². The molecule has 2 saturated heterocycles. The number of carbonyl (C=O) groups excluding carboxylic acids is 2. The van der Waals surface area contributed by atoms with Crippen molar-refractivity contribution in [2.75, 3.05) is 19.6 Å². The fourth-order valence-electron chi connectivity index (χ4n) is 4.72. The second-order valence-corrected chi connectivity index (χ2v) is 8.58. The molecule has 7 heteroatoms. The number of benzene rings is 2. The molecule has 2 aliphatic rings. The third-order valence-electron chi connectivity index (χ3n) is 6.29. The van der Waals surface area contributed by atoms with Gasteiger partial charge in [0.1, 0.15) is 12.1 Å². The molecule has 164 valence electrons. The monoisotopic (exact) mass is 429 g/mol. The Morgan fingerprint density at radius 2 is 1.72 bits per heavy atom. The summed E-state index contributed by atoms with van der Waals surface area (Å²) >= 11 is 0. The fraction of sp³-hybridized carbons (Fsp3) is 0.320. The zero-order valence-electron chi connectivity index (χ0n) is 18.1. The molecule has 0 aliphatic carbocycles. The molecule has 32 heavy (non-hydrogen) atoms. The number of nitrogens with zero attached hydrogens (tertiary/aromatic N) is 4. The number of aromatic nitrogens is 2. The highest BCUT2D eigenvalue weighted by Gasteiger charge is 2.43. The lowest BCUT2D eigenvalue weighted by Gasteiger charge is -2.45. The van der Waals surface area contributed by atoms with Gasteiger partial charge in [0.25, 0.3) is 0 Å². The maximum atomic E-state index is 13.1. The predicted molar refractivity (Wildman–Crippen MR) is 121 cm³/mol. The summed E-state index contributed by atoms with van der Waals surface area (Å²) in [5.41, 5.74) is 4.21. The lowest BCUT2D eigenvalue weighted by molar-refractivity contribution is -0.153. The zero-order chi connectivity index (χ0) is 22.1. The first kappa shape index (κ1) is 20.5. The van der Waals surface area contributed by atoms with E-state index in [1.54, 1.807) is 4.90 Å². The Morgan fingerprint density at radius 3 is 2.47 bits per heavy atom. The van der Waals surface area contributed by atoms with Gasteiger partial charge in [0.2, 0.25) is 11.8 Å². The molecule has 0 radical (unpaired) electrons. The smallest absolute Gasteiger partial charge is 0.246 e. The standard InChI is InChI=1S/C25H27N5O2/c1-28-15-20(23(27-28)19-10-6-3-7-11-19)16-29-12-13-30-22(17-29)24(31)26-21(25(30)32)14-18-8-4-2-5-9-18/h2-11,15,21-22H,12-14,16-17H2,1H3,(H,26,31)/t21-,22-/m1/s1. The second-order valence-electron chi connectivity index (χ2n) is 8.58. The summed E-state index contributed by atoms with van der Waals surface area (Å²) in [5, 5.41) is 7.62. The third kappa shape index (κ3) is 4.03. The highest BCUT2D eigenvalue weighted by Crippen LogP contribution is 2.25. The Kier molecular flexibility index (Phi) is 5.49. The van der Waals surface area contributed by atoms with E-state index in [4.69, 9.17) is 0 Å². The average Bonchev–Trinajstić information content (AvgIpc) is 3.18. The van der Waals surface area contributed by atoms with E-state index in [1.807, 2.05) is 66.5 Å². The Hall–Kier alpha value is -3.45. The lowest BCUT2D eigenvalue weighted by Crippen LogP contribution is -2.69. The number of fused-ring (bicyclic) bond motifs is 1. The fourth-order valence-corrected chi connectivity index (χ4v) is 4.72. The molecule has 2 aromatic carbocycles. The van der Waals surface area contributed by atoms with Crippen molar-refractivity contribution in [3.63, 3.8) is 0 Å². The normalized spacial score (nSPS) is 21.3. The van der Waals surface area contributed by atoms with Gasteiger partial charge in [0.05, 0.1) is 5.69 Å². The molecular formula is C25H27N5O2. The van der Waals surface area contributed by atoms with Crippen molar-refractivity contribution in [1.82, 2.24) is 24.9 Å². The van der Waals surface area contributed by atoms with Crippen molar-refractivity contribution in [2.24, 2.45) is 7.05 Å². The van der Waals surface area contributed by atoms with E-state index in [-0.39, 0.29) is 11.8 Å². The summed E-state index contributed by atoms with van der Waals surface area (Å²) in [7, 11) is 1.92. The van der Waals surface area contributed by atoms with Crippen LogP contribution in [0.4, 0.5) is 0 Å². The number of amides is 2. The minimum Gasteiger partial charge on any atom is -0.342 e. The quantitative estimate of drug-likeness (QED) is 0.672. The number of carbonyl (C=O) groups is 2. The van der Waals surface area contributed by atoms with Crippen LogP contribution in [0.1, 0.15) is 11.1 Å². The van der Waals surface area contributed by atoms with E-state index in [9.17, 15) is 9.59 Å². The molecule has 0 bridgehead atoms. The molecule has 2 aliphatic heterocycles. The first-order chi connectivity index (χ1) is 15.6. The first-order valence-corrected chi connectivity index (χ1v) is 11.0. The van der Waals surface area contributed by atoms with Crippen molar-refractivity contribution in [3.05, 3.63) is 78.0 Å². The largest absolute Gasteiger partial charge is 0.342 e. The molecule has 3 heterocycles. The van der Waals surface area contributed by atoms with Crippen LogP contribution in [-0.2, 0) is 29.6 Å².